The Hall–Kier alpha value is -0.610. The summed E-state index contributed by atoms with van der Waals surface area (Å²) in [4.78, 5) is 10.1. The molecule has 8 heavy (non-hydrogen) atoms. The summed E-state index contributed by atoms with van der Waals surface area (Å²) in [5.74, 6) is 4.36. The normalized spacial score (nSPS) is 29.4. The highest BCUT2D eigenvalue weighted by molar-refractivity contribution is 5.74. The molecule has 1 fully saturated rings. The van der Waals surface area contributed by atoms with E-state index in [1.54, 1.807) is 0 Å². The second kappa shape index (κ2) is 1.72. The zero-order valence-corrected chi connectivity index (χ0v) is 4.37. The van der Waals surface area contributed by atoms with Crippen LogP contribution in [0.3, 0.4) is 0 Å². The van der Waals surface area contributed by atoms with Crippen LogP contribution in [0.15, 0.2) is 0 Å². The van der Waals surface area contributed by atoms with Gasteiger partial charge in [-0.1, -0.05) is 0 Å². The van der Waals surface area contributed by atoms with Crippen LogP contribution in [0.4, 0.5) is 0 Å². The first kappa shape index (κ1) is 5.53. The van der Waals surface area contributed by atoms with Crippen LogP contribution in [-0.4, -0.2) is 28.7 Å². The molecule has 0 aromatic rings. The van der Waals surface area contributed by atoms with Gasteiger partial charge in [-0.25, -0.2) is 5.01 Å². The molecule has 1 rings (SSSR count). The van der Waals surface area contributed by atoms with Crippen LogP contribution in [-0.2, 0) is 4.79 Å². The van der Waals surface area contributed by atoms with Gasteiger partial charge in [0.05, 0.1) is 0 Å². The third-order valence-electron chi connectivity index (χ3n) is 1.35. The predicted molar refractivity (Wildman–Crippen MR) is 26.9 cm³/mol. The maximum Gasteiger partial charge on any atom is 0.322 e. The fraction of sp³-hybridized carbons (Fsp3) is 0.750. The summed E-state index contributed by atoms with van der Waals surface area (Å²) in [7, 11) is 0. The standard InChI is InChI=1S/C4H8N2O2/c5-6-2-1-3(6)4(7)8/h3H,1-2,5H2,(H,7,8). The summed E-state index contributed by atoms with van der Waals surface area (Å²) in [5, 5.41) is 9.60. The fourth-order valence-electron chi connectivity index (χ4n) is 0.673. The molecule has 1 unspecified atom stereocenters. The largest absolute Gasteiger partial charge is 0.480 e. The number of carbonyl (C=O) groups is 1. The summed E-state index contributed by atoms with van der Waals surface area (Å²) in [5.41, 5.74) is 0. The Morgan fingerprint density at radius 3 is 2.50 bits per heavy atom. The third-order valence-corrected chi connectivity index (χ3v) is 1.35. The number of hydrogen-bond acceptors (Lipinski definition) is 3. The lowest BCUT2D eigenvalue weighted by Crippen LogP contribution is -2.56. The first-order chi connectivity index (χ1) is 3.72. The van der Waals surface area contributed by atoms with E-state index in [4.69, 9.17) is 10.9 Å². The zero-order chi connectivity index (χ0) is 6.15. The van der Waals surface area contributed by atoms with Crippen molar-refractivity contribution in [2.75, 3.05) is 6.54 Å². The van der Waals surface area contributed by atoms with E-state index in [1.165, 1.54) is 5.01 Å². The number of nitrogens with two attached hydrogens (primary N) is 1. The van der Waals surface area contributed by atoms with Gasteiger partial charge in [-0.05, 0) is 6.42 Å². The molecule has 0 amide bonds. The van der Waals surface area contributed by atoms with Gasteiger partial charge in [-0.15, -0.1) is 0 Å². The average Bonchev–Trinajstić information content (AvgIpc) is 1.61. The van der Waals surface area contributed by atoms with Crippen molar-refractivity contribution in [1.29, 1.82) is 0 Å². The molecule has 0 aromatic carbocycles. The monoisotopic (exact) mass is 116 g/mol. The van der Waals surface area contributed by atoms with Crippen LogP contribution < -0.4 is 5.84 Å². The molecule has 0 radical (unpaired) electrons. The Kier molecular flexibility index (Phi) is 1.19. The number of nitrogens with zero attached hydrogens (tertiary/aromatic N) is 1. The first-order valence-electron chi connectivity index (χ1n) is 2.46. The van der Waals surface area contributed by atoms with Gasteiger partial charge in [-0.3, -0.25) is 10.6 Å². The summed E-state index contributed by atoms with van der Waals surface area (Å²) in [6, 6.07) is -0.421. The lowest BCUT2D eigenvalue weighted by molar-refractivity contribution is -0.148. The van der Waals surface area contributed by atoms with Gasteiger partial charge in [0.25, 0.3) is 0 Å². The summed E-state index contributed by atoms with van der Waals surface area (Å²) in [6.07, 6.45) is 0.686. The van der Waals surface area contributed by atoms with E-state index >= 15 is 0 Å². The molecule has 1 saturated heterocycles. The molecule has 4 heteroatoms. The maximum atomic E-state index is 10.1. The van der Waals surface area contributed by atoms with Crippen molar-refractivity contribution in [3.8, 4) is 0 Å². The SMILES string of the molecule is NN1CCC1C(=O)O. The topological polar surface area (TPSA) is 66.6 Å². The number of hydrazine groups is 1. The van der Waals surface area contributed by atoms with Crippen molar-refractivity contribution in [3.63, 3.8) is 0 Å². The molecule has 3 N–H and O–H groups in total. The van der Waals surface area contributed by atoms with Crippen LogP contribution in [0, 0.1) is 0 Å². The molecule has 0 aliphatic carbocycles. The average molecular weight is 116 g/mol. The maximum absolute atomic E-state index is 10.1. The third kappa shape index (κ3) is 0.677. The van der Waals surface area contributed by atoms with Gasteiger partial charge in [-0.2, -0.15) is 0 Å². The van der Waals surface area contributed by atoms with E-state index in [9.17, 15) is 4.79 Å². The summed E-state index contributed by atoms with van der Waals surface area (Å²) in [6.45, 7) is 0.705. The second-order valence-electron chi connectivity index (χ2n) is 1.88. The van der Waals surface area contributed by atoms with Gasteiger partial charge in [0.2, 0.25) is 0 Å². The first-order valence-corrected chi connectivity index (χ1v) is 2.46. The molecule has 1 aliphatic heterocycles. The number of carboxylic acid groups (broad SMARTS) is 1. The minimum atomic E-state index is -0.821. The highest BCUT2D eigenvalue weighted by Crippen LogP contribution is 2.10. The Morgan fingerprint density at radius 1 is 1.88 bits per heavy atom. The number of hydrogen-bond donors (Lipinski definition) is 2. The smallest absolute Gasteiger partial charge is 0.322 e. The minimum absolute atomic E-state index is 0.421. The molecule has 0 saturated carbocycles. The Bertz CT molecular complexity index is 115. The van der Waals surface area contributed by atoms with Crippen molar-refractivity contribution in [2.45, 2.75) is 12.5 Å². The van der Waals surface area contributed by atoms with E-state index < -0.39 is 12.0 Å². The van der Waals surface area contributed by atoms with E-state index in [1.807, 2.05) is 0 Å². The van der Waals surface area contributed by atoms with Crippen LogP contribution in [0.1, 0.15) is 6.42 Å². The second-order valence-corrected chi connectivity index (χ2v) is 1.88. The van der Waals surface area contributed by atoms with Gasteiger partial charge in [0.15, 0.2) is 0 Å². The molecule has 4 nitrogen and oxygen atoms in total. The van der Waals surface area contributed by atoms with Gasteiger partial charge >= 0.3 is 5.97 Å². The van der Waals surface area contributed by atoms with E-state index in [2.05, 4.69) is 0 Å². The quantitative estimate of drug-likeness (QED) is 0.432. The van der Waals surface area contributed by atoms with Crippen molar-refractivity contribution in [3.05, 3.63) is 0 Å². The van der Waals surface area contributed by atoms with E-state index in [0.29, 0.717) is 13.0 Å². The molecule has 1 heterocycles. The van der Waals surface area contributed by atoms with Crippen molar-refractivity contribution < 1.29 is 9.90 Å². The van der Waals surface area contributed by atoms with Crippen LogP contribution in [0.25, 0.3) is 0 Å². The van der Waals surface area contributed by atoms with E-state index in [0.717, 1.165) is 0 Å². The predicted octanol–water partition coefficient (Wildman–Crippen LogP) is -0.981. The lowest BCUT2D eigenvalue weighted by atomic mass is 10.1. The number of carboxylic acids is 1. The molecule has 1 atom stereocenters. The lowest BCUT2D eigenvalue weighted by Gasteiger charge is -2.33. The zero-order valence-electron chi connectivity index (χ0n) is 4.37. The fourth-order valence-corrected chi connectivity index (χ4v) is 0.673. The molecule has 46 valence electrons. The van der Waals surface area contributed by atoms with Crippen molar-refractivity contribution in [2.24, 2.45) is 5.84 Å². The summed E-state index contributed by atoms with van der Waals surface area (Å²) >= 11 is 0. The molecular formula is C4H8N2O2. The van der Waals surface area contributed by atoms with Crippen LogP contribution in [0.5, 0.6) is 0 Å². The van der Waals surface area contributed by atoms with Crippen molar-refractivity contribution in [1.82, 2.24) is 5.01 Å². The van der Waals surface area contributed by atoms with Gasteiger partial charge in [0.1, 0.15) is 6.04 Å². The molecule has 1 aliphatic rings. The Balaban J connectivity index is 2.37. The highest BCUT2D eigenvalue weighted by atomic mass is 16.4. The molecule has 0 bridgehead atoms. The highest BCUT2D eigenvalue weighted by Gasteiger charge is 2.31. The number of rotatable bonds is 1. The van der Waals surface area contributed by atoms with Crippen LogP contribution >= 0.6 is 0 Å². The minimum Gasteiger partial charge on any atom is -0.480 e. The van der Waals surface area contributed by atoms with Crippen molar-refractivity contribution >= 4 is 5.97 Å². The van der Waals surface area contributed by atoms with Gasteiger partial charge in [0, 0.05) is 6.54 Å². The molecule has 0 spiro atoms. The number of aliphatic carboxylic acids is 1. The van der Waals surface area contributed by atoms with E-state index in [-0.39, 0.29) is 0 Å². The Morgan fingerprint density at radius 2 is 2.50 bits per heavy atom. The summed E-state index contributed by atoms with van der Waals surface area (Å²) < 4.78 is 0. The van der Waals surface area contributed by atoms with Gasteiger partial charge < -0.3 is 5.11 Å². The van der Waals surface area contributed by atoms with Crippen LogP contribution in [0.2, 0.25) is 0 Å². The molecule has 0 aromatic heterocycles. The Labute approximate surface area is 46.9 Å². The molecular weight excluding hydrogens is 108 g/mol.